The summed E-state index contributed by atoms with van der Waals surface area (Å²) in [5.74, 6) is -0.548. The van der Waals surface area contributed by atoms with E-state index in [-0.39, 0.29) is 18.7 Å². The van der Waals surface area contributed by atoms with Gasteiger partial charge in [-0.2, -0.15) is 0 Å². The fraction of sp³-hybridized carbons (Fsp3) is 0.261. The van der Waals surface area contributed by atoms with Crippen molar-refractivity contribution in [3.63, 3.8) is 0 Å². The van der Waals surface area contributed by atoms with Gasteiger partial charge in [-0.15, -0.1) is 0 Å². The third-order valence-corrected chi connectivity index (χ3v) is 5.58. The maximum absolute atomic E-state index is 11.2. The summed E-state index contributed by atoms with van der Waals surface area (Å²) in [6.07, 6.45) is 7.69. The number of rotatable bonds is 7. The maximum atomic E-state index is 11.2. The standard InChI is InChI=1S/C23H25N3O3/c27-14-18(12-17-13-24-21-4-2-1-3-19(17)21)25-22-9-7-16-11-15(5-8-20(16)22)6-10-23(28)26-29/h1-6,8,10-11,13,18,22,24-25,27,29H,7,9,12,14H2,(H,26,28)/b10-6+/t18-,22-/m0/s1. The minimum Gasteiger partial charge on any atom is -0.395 e. The first-order valence-corrected chi connectivity index (χ1v) is 9.85. The van der Waals surface area contributed by atoms with Gasteiger partial charge in [0.1, 0.15) is 0 Å². The average molecular weight is 391 g/mol. The number of aromatic nitrogens is 1. The first kappa shape index (κ1) is 19.4. The van der Waals surface area contributed by atoms with Crippen molar-refractivity contribution in [2.45, 2.75) is 31.3 Å². The van der Waals surface area contributed by atoms with Gasteiger partial charge >= 0.3 is 0 Å². The van der Waals surface area contributed by atoms with Crippen LogP contribution < -0.4 is 10.8 Å². The molecule has 0 aliphatic heterocycles. The lowest BCUT2D eigenvalue weighted by Gasteiger charge is -2.22. The highest BCUT2D eigenvalue weighted by Gasteiger charge is 2.25. The monoisotopic (exact) mass is 391 g/mol. The van der Waals surface area contributed by atoms with Crippen LogP contribution in [0, 0.1) is 0 Å². The molecule has 0 bridgehead atoms. The molecule has 1 heterocycles. The Balaban J connectivity index is 1.46. The van der Waals surface area contributed by atoms with Crippen LogP contribution in [-0.2, 0) is 17.6 Å². The predicted molar refractivity (Wildman–Crippen MR) is 112 cm³/mol. The molecule has 0 saturated heterocycles. The van der Waals surface area contributed by atoms with E-state index < -0.39 is 5.91 Å². The number of aromatic amines is 1. The maximum Gasteiger partial charge on any atom is 0.267 e. The molecule has 0 radical (unpaired) electrons. The molecule has 6 nitrogen and oxygen atoms in total. The van der Waals surface area contributed by atoms with E-state index in [1.54, 1.807) is 11.6 Å². The lowest BCUT2D eigenvalue weighted by atomic mass is 10.0. The number of hydrogen-bond acceptors (Lipinski definition) is 4. The van der Waals surface area contributed by atoms with E-state index in [0.717, 1.165) is 30.3 Å². The summed E-state index contributed by atoms with van der Waals surface area (Å²) < 4.78 is 0. The molecule has 150 valence electrons. The van der Waals surface area contributed by atoms with Crippen LogP contribution in [0.3, 0.4) is 0 Å². The van der Waals surface area contributed by atoms with Crippen LogP contribution in [0.5, 0.6) is 0 Å². The number of aliphatic hydroxyl groups is 1. The van der Waals surface area contributed by atoms with Crippen LogP contribution in [0.25, 0.3) is 17.0 Å². The first-order valence-electron chi connectivity index (χ1n) is 9.85. The topological polar surface area (TPSA) is 97.4 Å². The fourth-order valence-corrected chi connectivity index (χ4v) is 4.15. The van der Waals surface area contributed by atoms with Crippen molar-refractivity contribution in [1.29, 1.82) is 0 Å². The molecule has 3 aromatic rings. The summed E-state index contributed by atoms with van der Waals surface area (Å²) in [7, 11) is 0. The zero-order chi connectivity index (χ0) is 20.2. The lowest BCUT2D eigenvalue weighted by molar-refractivity contribution is -0.124. The second-order valence-electron chi connectivity index (χ2n) is 7.47. The van der Waals surface area contributed by atoms with E-state index in [2.05, 4.69) is 34.6 Å². The van der Waals surface area contributed by atoms with Gasteiger partial charge in [0, 0.05) is 35.3 Å². The van der Waals surface area contributed by atoms with Crippen LogP contribution in [0.4, 0.5) is 0 Å². The second-order valence-corrected chi connectivity index (χ2v) is 7.47. The largest absolute Gasteiger partial charge is 0.395 e. The van der Waals surface area contributed by atoms with Crippen molar-refractivity contribution in [3.8, 4) is 0 Å². The summed E-state index contributed by atoms with van der Waals surface area (Å²) >= 11 is 0. The van der Waals surface area contributed by atoms with E-state index in [9.17, 15) is 9.90 Å². The molecule has 0 saturated carbocycles. The van der Waals surface area contributed by atoms with Gasteiger partial charge in [-0.25, -0.2) is 5.48 Å². The van der Waals surface area contributed by atoms with Crippen molar-refractivity contribution < 1.29 is 15.1 Å². The van der Waals surface area contributed by atoms with E-state index >= 15 is 0 Å². The van der Waals surface area contributed by atoms with Gasteiger partial charge in [0.15, 0.2) is 0 Å². The van der Waals surface area contributed by atoms with Crippen LogP contribution in [0.2, 0.25) is 0 Å². The normalized spacial score (nSPS) is 17.0. The molecular formula is C23H25N3O3. The highest BCUT2D eigenvalue weighted by atomic mass is 16.5. The van der Waals surface area contributed by atoms with Crippen molar-refractivity contribution in [2.75, 3.05) is 6.61 Å². The number of para-hydroxylation sites is 1. The van der Waals surface area contributed by atoms with Crippen LogP contribution in [-0.4, -0.2) is 33.9 Å². The van der Waals surface area contributed by atoms with Crippen molar-refractivity contribution in [1.82, 2.24) is 15.8 Å². The molecule has 0 fully saturated rings. The molecule has 0 unspecified atom stereocenters. The third kappa shape index (κ3) is 4.24. The van der Waals surface area contributed by atoms with Gasteiger partial charge in [0.05, 0.1) is 6.61 Å². The van der Waals surface area contributed by atoms with Crippen LogP contribution >= 0.6 is 0 Å². The molecule has 6 heteroatoms. The molecule has 4 rings (SSSR count). The smallest absolute Gasteiger partial charge is 0.267 e. The van der Waals surface area contributed by atoms with Crippen molar-refractivity contribution in [3.05, 3.63) is 77.0 Å². The Morgan fingerprint density at radius 2 is 2.14 bits per heavy atom. The molecule has 1 aromatic heterocycles. The summed E-state index contributed by atoms with van der Waals surface area (Å²) in [6, 6.07) is 14.5. The number of hydroxylamine groups is 1. The summed E-state index contributed by atoms with van der Waals surface area (Å²) in [6.45, 7) is 0.0719. The number of H-pyrrole nitrogens is 1. The van der Waals surface area contributed by atoms with Crippen molar-refractivity contribution in [2.24, 2.45) is 0 Å². The number of hydrogen-bond donors (Lipinski definition) is 5. The van der Waals surface area contributed by atoms with Crippen LogP contribution in [0.1, 0.15) is 34.7 Å². The molecule has 29 heavy (non-hydrogen) atoms. The minimum atomic E-state index is -0.548. The number of carbonyl (C=O) groups excluding carboxylic acids is 1. The number of carbonyl (C=O) groups is 1. The van der Waals surface area contributed by atoms with E-state index in [1.165, 1.54) is 28.2 Å². The van der Waals surface area contributed by atoms with Gasteiger partial charge < -0.3 is 15.4 Å². The zero-order valence-corrected chi connectivity index (χ0v) is 16.1. The predicted octanol–water partition coefficient (Wildman–Crippen LogP) is 2.87. The Morgan fingerprint density at radius 1 is 1.28 bits per heavy atom. The fourth-order valence-electron chi connectivity index (χ4n) is 4.15. The highest BCUT2D eigenvalue weighted by Crippen LogP contribution is 2.33. The van der Waals surface area contributed by atoms with Gasteiger partial charge in [-0.1, -0.05) is 36.4 Å². The molecular weight excluding hydrogens is 366 g/mol. The quantitative estimate of drug-likeness (QED) is 0.243. The molecule has 0 spiro atoms. The van der Waals surface area contributed by atoms with Gasteiger partial charge in [0.2, 0.25) is 0 Å². The average Bonchev–Trinajstić information content (AvgIpc) is 3.35. The molecule has 1 amide bonds. The van der Waals surface area contributed by atoms with Gasteiger partial charge in [-0.05, 0) is 53.7 Å². The van der Waals surface area contributed by atoms with Crippen molar-refractivity contribution >= 4 is 22.9 Å². The zero-order valence-electron chi connectivity index (χ0n) is 16.1. The van der Waals surface area contributed by atoms with Crippen LogP contribution in [0.15, 0.2) is 54.7 Å². The van der Waals surface area contributed by atoms with E-state index in [0.29, 0.717) is 0 Å². The first-order chi connectivity index (χ1) is 14.2. The molecule has 5 N–H and O–H groups in total. The SMILES string of the molecule is O=C(/C=C/c1ccc2c(c1)CC[C@@H]2N[C@H](CO)Cc1c[nH]c2ccccc12)NO. The third-order valence-electron chi connectivity index (χ3n) is 5.58. The number of fused-ring (bicyclic) bond motifs is 2. The second kappa shape index (κ2) is 8.61. The number of aryl methyl sites for hydroxylation is 1. The van der Waals surface area contributed by atoms with Gasteiger partial charge in [-0.3, -0.25) is 10.0 Å². The Morgan fingerprint density at radius 3 is 2.97 bits per heavy atom. The summed E-state index contributed by atoms with van der Waals surface area (Å²) in [5.41, 5.74) is 7.32. The highest BCUT2D eigenvalue weighted by molar-refractivity contribution is 5.90. The Bertz CT molecular complexity index is 1040. The Kier molecular flexibility index (Phi) is 5.76. The molecule has 2 aromatic carbocycles. The molecule has 1 aliphatic rings. The van der Waals surface area contributed by atoms with E-state index in [1.807, 2.05) is 24.4 Å². The Hall–Kier alpha value is -2.93. The number of amides is 1. The number of nitrogens with one attached hydrogen (secondary N) is 3. The number of aliphatic hydroxyl groups excluding tert-OH is 1. The molecule has 2 atom stereocenters. The minimum absolute atomic E-state index is 0.0296. The van der Waals surface area contributed by atoms with E-state index in [4.69, 9.17) is 5.21 Å². The summed E-state index contributed by atoms with van der Waals surface area (Å²) in [4.78, 5) is 14.5. The molecule has 1 aliphatic carbocycles. The summed E-state index contributed by atoms with van der Waals surface area (Å²) in [5, 5.41) is 23.4. The van der Waals surface area contributed by atoms with Gasteiger partial charge in [0.25, 0.3) is 5.91 Å². The lowest BCUT2D eigenvalue weighted by Crippen LogP contribution is -2.36. The Labute approximate surface area is 169 Å². The number of benzene rings is 2.